The monoisotopic (exact) mass is 561 g/mol. The van der Waals surface area contributed by atoms with Crippen LogP contribution in [0.4, 0.5) is 4.39 Å². The van der Waals surface area contributed by atoms with Crippen LogP contribution in [0.1, 0.15) is 43.1 Å². The second kappa shape index (κ2) is 12.1. The van der Waals surface area contributed by atoms with E-state index < -0.39 is 0 Å². The molecular weight excluding hydrogens is 528 g/mol. The van der Waals surface area contributed by atoms with E-state index in [4.69, 9.17) is 9.72 Å². The number of ether oxygens (including phenoxy) is 1. The molecule has 0 bridgehead atoms. The molecule has 1 aliphatic heterocycles. The summed E-state index contributed by atoms with van der Waals surface area (Å²) in [6, 6.07) is 6.87. The van der Waals surface area contributed by atoms with Crippen molar-refractivity contribution < 1.29 is 9.13 Å². The Morgan fingerprint density at radius 3 is 2.48 bits per heavy atom. The summed E-state index contributed by atoms with van der Waals surface area (Å²) in [7, 11) is 1.76. The van der Waals surface area contributed by atoms with Crippen LogP contribution in [0.5, 0.6) is 0 Å². The molecule has 172 valence electrons. The zero-order valence-corrected chi connectivity index (χ0v) is 21.8. The number of aromatic nitrogens is 1. The average molecular weight is 562 g/mol. The molecule has 6 nitrogen and oxygen atoms in total. The van der Waals surface area contributed by atoms with Crippen molar-refractivity contribution in [2.45, 2.75) is 38.8 Å². The summed E-state index contributed by atoms with van der Waals surface area (Å²) >= 11 is 1.66. The highest BCUT2D eigenvalue weighted by atomic mass is 127. The van der Waals surface area contributed by atoms with Gasteiger partial charge in [-0.05, 0) is 17.7 Å². The number of nitrogens with one attached hydrogen (secondary N) is 2. The van der Waals surface area contributed by atoms with Gasteiger partial charge in [0.05, 0.1) is 31.5 Å². The van der Waals surface area contributed by atoms with E-state index >= 15 is 0 Å². The number of rotatable bonds is 6. The topological polar surface area (TPSA) is 61.8 Å². The van der Waals surface area contributed by atoms with Gasteiger partial charge < -0.3 is 15.4 Å². The van der Waals surface area contributed by atoms with Gasteiger partial charge in [-0.15, -0.1) is 35.3 Å². The highest BCUT2D eigenvalue weighted by molar-refractivity contribution is 14.0. The van der Waals surface area contributed by atoms with Crippen LogP contribution in [0.25, 0.3) is 0 Å². The summed E-state index contributed by atoms with van der Waals surface area (Å²) in [6.07, 6.45) is 0. The maximum Gasteiger partial charge on any atom is 0.191 e. The molecule has 0 saturated carbocycles. The van der Waals surface area contributed by atoms with Crippen LogP contribution >= 0.6 is 35.3 Å². The van der Waals surface area contributed by atoms with E-state index in [9.17, 15) is 4.39 Å². The van der Waals surface area contributed by atoms with Gasteiger partial charge in [-0.1, -0.05) is 32.9 Å². The third kappa shape index (κ3) is 7.65. The van der Waals surface area contributed by atoms with Crippen molar-refractivity contribution in [3.8, 4) is 0 Å². The van der Waals surface area contributed by atoms with Crippen LogP contribution in [0, 0.1) is 5.82 Å². The van der Waals surface area contributed by atoms with Crippen molar-refractivity contribution in [1.82, 2.24) is 20.5 Å². The van der Waals surface area contributed by atoms with Crippen molar-refractivity contribution in [3.05, 3.63) is 51.7 Å². The lowest BCUT2D eigenvalue weighted by atomic mass is 9.93. The van der Waals surface area contributed by atoms with Gasteiger partial charge in [0.1, 0.15) is 10.8 Å². The van der Waals surface area contributed by atoms with Crippen LogP contribution < -0.4 is 10.6 Å². The first-order chi connectivity index (χ1) is 14.4. The van der Waals surface area contributed by atoms with Crippen molar-refractivity contribution in [2.24, 2.45) is 4.99 Å². The molecule has 1 aliphatic rings. The molecule has 1 atom stereocenters. The first-order valence-corrected chi connectivity index (χ1v) is 11.2. The molecule has 3 rings (SSSR count). The fraction of sp³-hybridized carbons (Fsp3) is 0.545. The van der Waals surface area contributed by atoms with E-state index in [2.05, 4.69) is 46.7 Å². The van der Waals surface area contributed by atoms with Gasteiger partial charge in [-0.2, -0.15) is 0 Å². The van der Waals surface area contributed by atoms with Crippen molar-refractivity contribution >= 4 is 41.3 Å². The second-order valence-corrected chi connectivity index (χ2v) is 9.34. The Bertz CT molecular complexity index is 831. The summed E-state index contributed by atoms with van der Waals surface area (Å²) in [4.78, 5) is 11.4. The zero-order valence-electron chi connectivity index (χ0n) is 18.7. The minimum Gasteiger partial charge on any atom is -0.379 e. The first-order valence-electron chi connectivity index (χ1n) is 10.3. The van der Waals surface area contributed by atoms with Gasteiger partial charge in [0, 0.05) is 37.5 Å². The molecule has 2 heterocycles. The second-order valence-electron chi connectivity index (χ2n) is 8.40. The summed E-state index contributed by atoms with van der Waals surface area (Å²) in [6.45, 7) is 10.9. The standard InChI is InChI=1S/C22H32FN5OS.HI/c1-22(2,3)19-15-30-20(27-19)14-26-21(24-4)25-13-18(28-9-11-29-12-10-28)16-5-7-17(23)8-6-16;/h5-8,15,18H,9-14H2,1-4H3,(H2,24,25,26);1H. The number of thiazole rings is 1. The number of guanidine groups is 1. The number of morpholine rings is 1. The molecule has 2 N–H and O–H groups in total. The SMILES string of the molecule is CN=C(NCc1nc(C(C)(C)C)cs1)NCC(c1ccc(F)cc1)N1CCOCC1.I. The molecule has 0 amide bonds. The molecule has 31 heavy (non-hydrogen) atoms. The molecule has 1 unspecified atom stereocenters. The number of aliphatic imine (C=N–C) groups is 1. The van der Waals surface area contributed by atoms with Gasteiger partial charge in [-0.25, -0.2) is 9.37 Å². The smallest absolute Gasteiger partial charge is 0.191 e. The van der Waals surface area contributed by atoms with Gasteiger partial charge in [0.2, 0.25) is 0 Å². The lowest BCUT2D eigenvalue weighted by Gasteiger charge is -2.35. The normalized spacial score (nSPS) is 16.5. The Labute approximate surface area is 205 Å². The van der Waals surface area contributed by atoms with Crippen LogP contribution in [0.15, 0.2) is 34.6 Å². The van der Waals surface area contributed by atoms with Crippen LogP contribution in [-0.2, 0) is 16.7 Å². The molecule has 0 spiro atoms. The molecule has 1 aromatic heterocycles. The van der Waals surface area contributed by atoms with E-state index in [1.165, 1.54) is 12.1 Å². The maximum atomic E-state index is 13.4. The first kappa shape index (κ1) is 26.0. The predicted octanol–water partition coefficient (Wildman–Crippen LogP) is 3.94. The minimum atomic E-state index is -0.219. The Morgan fingerprint density at radius 1 is 1.23 bits per heavy atom. The van der Waals surface area contributed by atoms with Gasteiger partial charge >= 0.3 is 0 Å². The summed E-state index contributed by atoms with van der Waals surface area (Å²) < 4.78 is 18.9. The molecule has 0 radical (unpaired) electrons. The third-order valence-corrected chi connectivity index (χ3v) is 6.00. The van der Waals surface area contributed by atoms with Crippen molar-refractivity contribution in [3.63, 3.8) is 0 Å². The molecule has 1 saturated heterocycles. The largest absolute Gasteiger partial charge is 0.379 e. The highest BCUT2D eigenvalue weighted by Gasteiger charge is 2.23. The summed E-state index contributed by atoms with van der Waals surface area (Å²) in [5, 5.41) is 9.93. The summed E-state index contributed by atoms with van der Waals surface area (Å²) in [5.74, 6) is 0.505. The summed E-state index contributed by atoms with van der Waals surface area (Å²) in [5.41, 5.74) is 2.24. The maximum absolute atomic E-state index is 13.4. The predicted molar refractivity (Wildman–Crippen MR) is 136 cm³/mol. The van der Waals surface area contributed by atoms with Crippen molar-refractivity contribution in [2.75, 3.05) is 39.9 Å². The minimum absolute atomic E-state index is 0. The highest BCUT2D eigenvalue weighted by Crippen LogP contribution is 2.24. The zero-order chi connectivity index (χ0) is 21.6. The molecule has 1 fully saturated rings. The molecule has 0 aliphatic carbocycles. The van der Waals surface area contributed by atoms with Gasteiger partial charge in [0.15, 0.2) is 5.96 Å². The fourth-order valence-corrected chi connectivity index (χ4v) is 4.30. The van der Waals surface area contributed by atoms with E-state index in [0.717, 1.165) is 35.3 Å². The Kier molecular flexibility index (Phi) is 10.1. The lowest BCUT2D eigenvalue weighted by Crippen LogP contribution is -2.46. The number of halogens is 2. The van der Waals surface area contributed by atoms with Crippen LogP contribution in [-0.4, -0.2) is 55.7 Å². The van der Waals surface area contributed by atoms with E-state index in [1.54, 1.807) is 18.4 Å². The van der Waals surface area contributed by atoms with E-state index in [-0.39, 0.29) is 41.3 Å². The molecule has 2 aromatic rings. The fourth-order valence-electron chi connectivity index (χ4n) is 3.34. The van der Waals surface area contributed by atoms with E-state index in [1.807, 2.05) is 12.1 Å². The van der Waals surface area contributed by atoms with Crippen molar-refractivity contribution in [1.29, 1.82) is 0 Å². The quantitative estimate of drug-likeness (QED) is 0.318. The Balaban J connectivity index is 0.00000341. The third-order valence-electron chi connectivity index (χ3n) is 5.15. The number of benzene rings is 1. The number of nitrogens with zero attached hydrogens (tertiary/aromatic N) is 3. The molecular formula is C22H33FIN5OS. The Morgan fingerprint density at radius 2 is 1.90 bits per heavy atom. The van der Waals surface area contributed by atoms with Gasteiger partial charge in [-0.3, -0.25) is 9.89 Å². The van der Waals surface area contributed by atoms with Gasteiger partial charge in [0.25, 0.3) is 0 Å². The number of hydrogen-bond acceptors (Lipinski definition) is 5. The molecule has 1 aromatic carbocycles. The van der Waals surface area contributed by atoms with Crippen LogP contribution in [0.2, 0.25) is 0 Å². The Hall–Kier alpha value is -1.30. The van der Waals surface area contributed by atoms with E-state index in [0.29, 0.717) is 26.3 Å². The number of hydrogen-bond donors (Lipinski definition) is 2. The average Bonchev–Trinajstić information content (AvgIpc) is 3.22. The molecule has 9 heteroatoms. The van der Waals surface area contributed by atoms with Crippen LogP contribution in [0.3, 0.4) is 0 Å². The lowest BCUT2D eigenvalue weighted by molar-refractivity contribution is 0.0170.